The Kier molecular flexibility index (Phi) is 3.51. The third-order valence-corrected chi connectivity index (χ3v) is 3.39. The molecule has 2 heteroatoms. The van der Waals surface area contributed by atoms with Crippen LogP contribution in [0.5, 0.6) is 0 Å². The van der Waals surface area contributed by atoms with Crippen LogP contribution < -0.4 is 5.73 Å². The SMILES string of the molecule is Cl.NC1CCc2ccccc2-c2ccccc21. The third kappa shape index (κ3) is 2.08. The number of rotatable bonds is 0. The van der Waals surface area contributed by atoms with E-state index in [4.69, 9.17) is 5.73 Å². The minimum absolute atomic E-state index is 0. The van der Waals surface area contributed by atoms with Gasteiger partial charge in [0, 0.05) is 6.04 Å². The third-order valence-electron chi connectivity index (χ3n) is 3.39. The molecule has 0 saturated heterocycles. The summed E-state index contributed by atoms with van der Waals surface area (Å²) in [6.45, 7) is 0. The molecule has 1 atom stereocenters. The lowest BCUT2D eigenvalue weighted by Crippen LogP contribution is -2.10. The average Bonchev–Trinajstić information content (AvgIpc) is 2.49. The van der Waals surface area contributed by atoms with Gasteiger partial charge in [-0.15, -0.1) is 12.4 Å². The molecule has 2 aromatic rings. The Labute approximate surface area is 108 Å². The molecule has 3 rings (SSSR count). The molecular formula is C15H16ClN. The molecule has 1 unspecified atom stereocenters. The fourth-order valence-electron chi connectivity index (χ4n) is 2.53. The van der Waals surface area contributed by atoms with E-state index in [9.17, 15) is 0 Å². The minimum Gasteiger partial charge on any atom is -0.324 e. The zero-order chi connectivity index (χ0) is 11.0. The largest absolute Gasteiger partial charge is 0.324 e. The zero-order valence-electron chi connectivity index (χ0n) is 9.60. The van der Waals surface area contributed by atoms with Gasteiger partial charge in [0.2, 0.25) is 0 Å². The zero-order valence-corrected chi connectivity index (χ0v) is 10.4. The molecule has 88 valence electrons. The van der Waals surface area contributed by atoms with Gasteiger partial charge in [-0.3, -0.25) is 0 Å². The van der Waals surface area contributed by atoms with Crippen molar-refractivity contribution in [2.75, 3.05) is 0 Å². The first-order valence-electron chi connectivity index (χ1n) is 5.79. The molecule has 0 aromatic heterocycles. The molecule has 2 N–H and O–H groups in total. The second kappa shape index (κ2) is 4.91. The smallest absolute Gasteiger partial charge is 0.0304 e. The maximum absolute atomic E-state index is 6.23. The van der Waals surface area contributed by atoms with E-state index in [0.717, 1.165) is 12.8 Å². The quantitative estimate of drug-likeness (QED) is 0.752. The van der Waals surface area contributed by atoms with Gasteiger partial charge < -0.3 is 5.73 Å². The van der Waals surface area contributed by atoms with E-state index < -0.39 is 0 Å². The van der Waals surface area contributed by atoms with Crippen molar-refractivity contribution in [2.24, 2.45) is 5.73 Å². The Bertz CT molecular complexity index is 522. The average molecular weight is 246 g/mol. The summed E-state index contributed by atoms with van der Waals surface area (Å²) in [6.07, 6.45) is 2.11. The van der Waals surface area contributed by atoms with Crippen LogP contribution in [0.4, 0.5) is 0 Å². The topological polar surface area (TPSA) is 26.0 Å². The van der Waals surface area contributed by atoms with E-state index in [1.807, 2.05) is 0 Å². The van der Waals surface area contributed by atoms with Gasteiger partial charge in [-0.25, -0.2) is 0 Å². The first kappa shape index (κ1) is 12.2. The van der Waals surface area contributed by atoms with Gasteiger partial charge in [0.1, 0.15) is 0 Å². The molecule has 0 bridgehead atoms. The summed E-state index contributed by atoms with van der Waals surface area (Å²) in [4.78, 5) is 0. The van der Waals surface area contributed by atoms with Crippen LogP contribution in [0.2, 0.25) is 0 Å². The number of nitrogens with two attached hydrogens (primary N) is 1. The lowest BCUT2D eigenvalue weighted by atomic mass is 9.96. The van der Waals surface area contributed by atoms with Crippen molar-refractivity contribution in [2.45, 2.75) is 18.9 Å². The van der Waals surface area contributed by atoms with Gasteiger partial charge in [0.25, 0.3) is 0 Å². The molecular weight excluding hydrogens is 230 g/mol. The number of fused-ring (bicyclic) bond motifs is 3. The number of benzene rings is 2. The van der Waals surface area contributed by atoms with Crippen LogP contribution in [-0.2, 0) is 6.42 Å². The highest BCUT2D eigenvalue weighted by Gasteiger charge is 2.18. The number of aryl methyl sites for hydroxylation is 1. The Morgan fingerprint density at radius 2 is 1.53 bits per heavy atom. The summed E-state index contributed by atoms with van der Waals surface area (Å²) in [6, 6.07) is 17.3. The maximum atomic E-state index is 6.23. The van der Waals surface area contributed by atoms with E-state index in [1.54, 1.807) is 0 Å². The lowest BCUT2D eigenvalue weighted by molar-refractivity contribution is 0.660. The van der Waals surface area contributed by atoms with Crippen LogP contribution in [0.25, 0.3) is 11.1 Å². The Hall–Kier alpha value is -1.31. The van der Waals surface area contributed by atoms with Gasteiger partial charge >= 0.3 is 0 Å². The number of hydrogen-bond acceptors (Lipinski definition) is 1. The van der Waals surface area contributed by atoms with Crippen LogP contribution in [0, 0.1) is 0 Å². The molecule has 1 aliphatic carbocycles. The van der Waals surface area contributed by atoms with Crippen molar-refractivity contribution in [3.63, 3.8) is 0 Å². The summed E-state index contributed by atoms with van der Waals surface area (Å²) in [5.74, 6) is 0. The second-order valence-electron chi connectivity index (χ2n) is 4.39. The van der Waals surface area contributed by atoms with Gasteiger partial charge in [-0.2, -0.15) is 0 Å². The van der Waals surface area contributed by atoms with Crippen LogP contribution in [-0.4, -0.2) is 0 Å². The highest BCUT2D eigenvalue weighted by Crippen LogP contribution is 2.35. The summed E-state index contributed by atoms with van der Waals surface area (Å²) >= 11 is 0. The molecule has 0 spiro atoms. The maximum Gasteiger partial charge on any atom is 0.0304 e. The van der Waals surface area contributed by atoms with Crippen LogP contribution in [0.15, 0.2) is 48.5 Å². The van der Waals surface area contributed by atoms with Gasteiger partial charge in [-0.05, 0) is 35.1 Å². The van der Waals surface area contributed by atoms with Crippen molar-refractivity contribution in [1.82, 2.24) is 0 Å². The molecule has 0 aliphatic heterocycles. The minimum atomic E-state index is 0. The van der Waals surface area contributed by atoms with Crippen LogP contribution in [0.3, 0.4) is 0 Å². The van der Waals surface area contributed by atoms with Crippen molar-refractivity contribution in [3.05, 3.63) is 59.7 Å². The molecule has 0 saturated carbocycles. The van der Waals surface area contributed by atoms with Crippen molar-refractivity contribution in [1.29, 1.82) is 0 Å². The van der Waals surface area contributed by atoms with Crippen molar-refractivity contribution < 1.29 is 0 Å². The van der Waals surface area contributed by atoms with E-state index in [0.29, 0.717) is 0 Å². The van der Waals surface area contributed by atoms with Crippen LogP contribution in [0.1, 0.15) is 23.6 Å². The highest BCUT2D eigenvalue weighted by atomic mass is 35.5. The summed E-state index contributed by atoms with van der Waals surface area (Å²) in [5, 5.41) is 0. The lowest BCUT2D eigenvalue weighted by Gasteiger charge is -2.12. The Morgan fingerprint density at radius 3 is 2.35 bits per heavy atom. The molecule has 0 fully saturated rings. The molecule has 1 nitrogen and oxygen atoms in total. The van der Waals surface area contributed by atoms with E-state index in [2.05, 4.69) is 48.5 Å². The summed E-state index contributed by atoms with van der Waals surface area (Å²) in [5.41, 5.74) is 11.6. The predicted molar refractivity (Wildman–Crippen MR) is 74.4 cm³/mol. The molecule has 0 heterocycles. The second-order valence-corrected chi connectivity index (χ2v) is 4.39. The standard InChI is InChI=1S/C15H15N.ClH/c16-15-10-9-11-5-1-2-6-12(11)13-7-3-4-8-14(13)15;/h1-8,15H,9-10,16H2;1H. The Morgan fingerprint density at radius 1 is 0.882 bits per heavy atom. The van der Waals surface area contributed by atoms with Crippen molar-refractivity contribution >= 4 is 12.4 Å². The number of halogens is 1. The normalized spacial score (nSPS) is 17.4. The first-order valence-corrected chi connectivity index (χ1v) is 5.79. The number of hydrogen-bond donors (Lipinski definition) is 1. The molecule has 1 aliphatic rings. The fourth-order valence-corrected chi connectivity index (χ4v) is 2.53. The fraction of sp³-hybridized carbons (Fsp3) is 0.200. The summed E-state index contributed by atoms with van der Waals surface area (Å²) < 4.78 is 0. The summed E-state index contributed by atoms with van der Waals surface area (Å²) in [7, 11) is 0. The van der Waals surface area contributed by atoms with E-state index in [-0.39, 0.29) is 18.4 Å². The molecule has 2 aromatic carbocycles. The van der Waals surface area contributed by atoms with Gasteiger partial charge in [0.15, 0.2) is 0 Å². The molecule has 17 heavy (non-hydrogen) atoms. The van der Waals surface area contributed by atoms with E-state index >= 15 is 0 Å². The predicted octanol–water partition coefficient (Wildman–Crippen LogP) is 3.72. The van der Waals surface area contributed by atoms with Gasteiger partial charge in [-0.1, -0.05) is 48.5 Å². The highest BCUT2D eigenvalue weighted by molar-refractivity contribution is 5.85. The molecule has 0 amide bonds. The van der Waals surface area contributed by atoms with Crippen molar-refractivity contribution in [3.8, 4) is 11.1 Å². The molecule has 0 radical (unpaired) electrons. The van der Waals surface area contributed by atoms with E-state index in [1.165, 1.54) is 22.3 Å². The first-order chi connectivity index (χ1) is 7.86. The van der Waals surface area contributed by atoms with Gasteiger partial charge in [0.05, 0.1) is 0 Å². The monoisotopic (exact) mass is 245 g/mol. The Balaban J connectivity index is 0.00000108. The van der Waals surface area contributed by atoms with Crippen LogP contribution >= 0.6 is 12.4 Å².